The molecule has 0 bridgehead atoms. The molecule has 7 nitrogen and oxygen atoms in total. The number of likely N-dealkylation sites (tertiary alicyclic amines) is 1. The van der Waals surface area contributed by atoms with Gasteiger partial charge in [0.2, 0.25) is 0 Å². The minimum Gasteiger partial charge on any atom is -0.497 e. The number of piperidine rings is 1. The molecule has 1 saturated carbocycles. The molecule has 0 spiro atoms. The van der Waals surface area contributed by atoms with Crippen LogP contribution in [0.2, 0.25) is 0 Å². The van der Waals surface area contributed by atoms with E-state index >= 15 is 4.39 Å². The molecular weight excluding hydrogens is 521 g/mol. The molecule has 2 aliphatic heterocycles. The lowest BCUT2D eigenvalue weighted by molar-refractivity contribution is -0.141. The zero-order valence-electron chi connectivity index (χ0n) is 24.8. The summed E-state index contributed by atoms with van der Waals surface area (Å²) >= 11 is 0. The summed E-state index contributed by atoms with van der Waals surface area (Å²) in [6.07, 6.45) is 11.3. The Morgan fingerprint density at radius 1 is 1.15 bits per heavy atom. The van der Waals surface area contributed by atoms with Gasteiger partial charge in [-0.2, -0.15) is 0 Å². The number of rotatable bonds is 12. The molecule has 3 fully saturated rings. The lowest BCUT2D eigenvalue weighted by atomic mass is 9.71. The Labute approximate surface area is 244 Å². The summed E-state index contributed by atoms with van der Waals surface area (Å²) in [5.74, 6) is 0.754. The third kappa shape index (κ3) is 7.96. The number of nitrogens with zero attached hydrogens (tertiary/aromatic N) is 3. The Morgan fingerprint density at radius 3 is 2.61 bits per heavy atom. The Kier molecular flexibility index (Phi) is 10.5. The van der Waals surface area contributed by atoms with Gasteiger partial charge in [-0.25, -0.2) is 4.39 Å². The summed E-state index contributed by atoms with van der Waals surface area (Å²) in [6, 6.07) is 5.64. The zero-order valence-corrected chi connectivity index (χ0v) is 24.8. The van der Waals surface area contributed by atoms with Crippen LogP contribution in [0.3, 0.4) is 0 Å². The normalized spacial score (nSPS) is 21.6. The summed E-state index contributed by atoms with van der Waals surface area (Å²) in [5, 5.41) is 10.6. The third-order valence-corrected chi connectivity index (χ3v) is 9.96. The molecule has 3 heterocycles. The number of benzene rings is 1. The second-order valence-corrected chi connectivity index (χ2v) is 12.7. The van der Waals surface area contributed by atoms with E-state index < -0.39 is 12.1 Å². The van der Waals surface area contributed by atoms with Gasteiger partial charge in [-0.15, -0.1) is 0 Å². The number of alkyl halides is 1. The van der Waals surface area contributed by atoms with E-state index in [0.717, 1.165) is 67.9 Å². The average Bonchev–Trinajstić information content (AvgIpc) is 3.00. The van der Waals surface area contributed by atoms with Crippen LogP contribution in [0.15, 0.2) is 24.4 Å². The molecule has 2 aromatic rings. The van der Waals surface area contributed by atoms with Crippen LogP contribution in [-0.4, -0.2) is 78.9 Å². The van der Waals surface area contributed by atoms with Crippen molar-refractivity contribution in [3.8, 4) is 5.75 Å². The number of hydrogen-bond acceptors (Lipinski definition) is 6. The van der Waals surface area contributed by atoms with Gasteiger partial charge in [0.15, 0.2) is 0 Å². The van der Waals surface area contributed by atoms with Crippen molar-refractivity contribution in [1.29, 1.82) is 0 Å². The van der Waals surface area contributed by atoms with Crippen LogP contribution in [0.25, 0.3) is 10.9 Å². The Balaban J connectivity index is 1.29. The SMILES string of the molecule is COc1ccc2ncc(CN3CCOCC3)c([C@@H](F)CCC3(CC(=O)O)CCN(CCC4CCCCC4)CC3)c2c1. The average molecular weight is 570 g/mol. The van der Waals surface area contributed by atoms with E-state index in [1.807, 2.05) is 24.4 Å². The van der Waals surface area contributed by atoms with Crippen molar-refractivity contribution < 1.29 is 23.8 Å². The van der Waals surface area contributed by atoms with Gasteiger partial charge in [0.05, 0.1) is 32.3 Å². The standard InChI is InChI=1S/C33H48FN3O4/c1-40-27-7-8-30-28(21-27)32(26(23-35-30)24-37-17-19-41-20-18-37)29(34)9-11-33(22-31(38)39)12-15-36(16-13-33)14-10-25-5-3-2-4-6-25/h7-8,21,23,25,29H,2-6,9-20,22,24H2,1H3,(H,38,39)/t29-/m0/s1. The highest BCUT2D eigenvalue weighted by molar-refractivity contribution is 5.85. The minimum atomic E-state index is -1.21. The van der Waals surface area contributed by atoms with Gasteiger partial charge in [0, 0.05) is 36.8 Å². The van der Waals surface area contributed by atoms with Crippen LogP contribution in [0, 0.1) is 11.3 Å². The zero-order chi connectivity index (χ0) is 28.7. The Bertz CT molecular complexity index is 1140. The molecule has 1 aromatic carbocycles. The number of carboxylic acids is 1. The van der Waals surface area contributed by atoms with Gasteiger partial charge in [-0.1, -0.05) is 32.1 Å². The highest BCUT2D eigenvalue weighted by Crippen LogP contribution is 2.44. The van der Waals surface area contributed by atoms with Crippen molar-refractivity contribution in [2.24, 2.45) is 11.3 Å². The number of pyridine rings is 1. The van der Waals surface area contributed by atoms with Crippen molar-refractivity contribution in [1.82, 2.24) is 14.8 Å². The van der Waals surface area contributed by atoms with Crippen molar-refractivity contribution in [3.63, 3.8) is 0 Å². The number of fused-ring (bicyclic) bond motifs is 1. The predicted octanol–water partition coefficient (Wildman–Crippen LogP) is 6.39. The number of carbonyl (C=O) groups is 1. The summed E-state index contributed by atoms with van der Waals surface area (Å²) in [6.45, 7) is 6.53. The van der Waals surface area contributed by atoms with E-state index in [0.29, 0.717) is 43.9 Å². The van der Waals surface area contributed by atoms with Crippen LogP contribution in [0.5, 0.6) is 5.75 Å². The van der Waals surface area contributed by atoms with Crippen molar-refractivity contribution in [2.75, 3.05) is 53.0 Å². The minimum absolute atomic E-state index is 0.113. The second-order valence-electron chi connectivity index (χ2n) is 12.7. The maximum absolute atomic E-state index is 16.5. The number of aromatic nitrogens is 1. The first kappa shape index (κ1) is 30.2. The van der Waals surface area contributed by atoms with E-state index in [1.165, 1.54) is 38.5 Å². The van der Waals surface area contributed by atoms with Gasteiger partial charge < -0.3 is 19.5 Å². The summed E-state index contributed by atoms with van der Waals surface area (Å²) in [7, 11) is 1.62. The van der Waals surface area contributed by atoms with E-state index in [4.69, 9.17) is 9.47 Å². The second kappa shape index (κ2) is 14.3. The van der Waals surface area contributed by atoms with E-state index in [2.05, 4.69) is 14.8 Å². The van der Waals surface area contributed by atoms with Crippen LogP contribution < -0.4 is 4.74 Å². The number of halogens is 1. The smallest absolute Gasteiger partial charge is 0.303 e. The molecule has 0 amide bonds. The highest BCUT2D eigenvalue weighted by atomic mass is 19.1. The predicted molar refractivity (Wildman–Crippen MR) is 159 cm³/mol. The maximum Gasteiger partial charge on any atom is 0.303 e. The van der Waals surface area contributed by atoms with Gasteiger partial charge in [-0.3, -0.25) is 14.7 Å². The molecule has 1 aliphatic carbocycles. The first-order chi connectivity index (χ1) is 19.9. The number of hydrogen-bond donors (Lipinski definition) is 1. The maximum atomic E-state index is 16.5. The molecule has 2 saturated heterocycles. The molecule has 3 aliphatic rings. The number of morpholine rings is 1. The number of carboxylic acid groups (broad SMARTS) is 1. The van der Waals surface area contributed by atoms with E-state index in [1.54, 1.807) is 7.11 Å². The van der Waals surface area contributed by atoms with E-state index in [9.17, 15) is 9.90 Å². The van der Waals surface area contributed by atoms with Gasteiger partial charge >= 0.3 is 5.97 Å². The van der Waals surface area contributed by atoms with Crippen LogP contribution in [-0.2, 0) is 16.1 Å². The molecule has 1 N–H and O–H groups in total. The summed E-state index contributed by atoms with van der Waals surface area (Å²) in [5.41, 5.74) is 1.96. The molecular formula is C33H48FN3O4. The summed E-state index contributed by atoms with van der Waals surface area (Å²) in [4.78, 5) is 21.4. The van der Waals surface area contributed by atoms with Gasteiger partial charge in [0.1, 0.15) is 11.9 Å². The highest BCUT2D eigenvalue weighted by Gasteiger charge is 2.37. The summed E-state index contributed by atoms with van der Waals surface area (Å²) < 4.78 is 27.5. The number of methoxy groups -OCH3 is 1. The monoisotopic (exact) mass is 569 g/mol. The molecule has 226 valence electrons. The van der Waals surface area contributed by atoms with E-state index in [-0.39, 0.29) is 11.8 Å². The fourth-order valence-corrected chi connectivity index (χ4v) is 7.36. The largest absolute Gasteiger partial charge is 0.497 e. The lowest BCUT2D eigenvalue weighted by Gasteiger charge is -2.42. The molecule has 1 atom stereocenters. The molecule has 1 aromatic heterocycles. The number of ether oxygens (including phenoxy) is 2. The fourth-order valence-electron chi connectivity index (χ4n) is 7.36. The quantitative estimate of drug-likeness (QED) is 0.317. The molecule has 41 heavy (non-hydrogen) atoms. The first-order valence-corrected chi connectivity index (χ1v) is 15.8. The first-order valence-electron chi connectivity index (χ1n) is 15.8. The lowest BCUT2D eigenvalue weighted by Crippen LogP contribution is -2.42. The van der Waals surface area contributed by atoms with Crippen molar-refractivity contribution in [3.05, 3.63) is 35.5 Å². The Morgan fingerprint density at radius 2 is 1.90 bits per heavy atom. The topological polar surface area (TPSA) is 75.1 Å². The molecule has 0 unspecified atom stereocenters. The van der Waals surface area contributed by atoms with Gasteiger partial charge in [0.25, 0.3) is 0 Å². The van der Waals surface area contributed by atoms with Crippen LogP contribution in [0.1, 0.15) is 87.9 Å². The fraction of sp³-hybridized carbons (Fsp3) is 0.697. The van der Waals surface area contributed by atoms with Crippen molar-refractivity contribution >= 4 is 16.9 Å². The third-order valence-electron chi connectivity index (χ3n) is 9.96. The number of aliphatic carboxylic acids is 1. The molecule has 0 radical (unpaired) electrons. The Hall–Kier alpha value is -2.29. The molecule has 5 rings (SSSR count). The van der Waals surface area contributed by atoms with Crippen LogP contribution >= 0.6 is 0 Å². The molecule has 8 heteroatoms. The van der Waals surface area contributed by atoms with Crippen molar-refractivity contribution in [2.45, 2.75) is 83.3 Å². The van der Waals surface area contributed by atoms with Crippen LogP contribution in [0.4, 0.5) is 4.39 Å². The van der Waals surface area contributed by atoms with Gasteiger partial charge in [-0.05, 0) is 86.8 Å².